The van der Waals surface area contributed by atoms with Gasteiger partial charge in [-0.15, -0.1) is 0 Å². The number of nitrogens with one attached hydrogen (secondary N) is 1. The van der Waals surface area contributed by atoms with Gasteiger partial charge in [0.25, 0.3) is 5.91 Å². The molecule has 0 saturated heterocycles. The fraction of sp³-hybridized carbons (Fsp3) is 0.200. The summed E-state index contributed by atoms with van der Waals surface area (Å²) in [6.07, 6.45) is 0.547. The highest BCUT2D eigenvalue weighted by atomic mass is 35.5. The Balaban J connectivity index is 1.61. The maximum Gasteiger partial charge on any atom is 0.311 e. The fourth-order valence-electron chi connectivity index (χ4n) is 2.59. The van der Waals surface area contributed by atoms with Crippen molar-refractivity contribution in [1.29, 1.82) is 0 Å². The second kappa shape index (κ2) is 8.14. The summed E-state index contributed by atoms with van der Waals surface area (Å²) in [5, 5.41) is 3.95. The van der Waals surface area contributed by atoms with Gasteiger partial charge in [0, 0.05) is 27.7 Å². The van der Waals surface area contributed by atoms with E-state index in [0.717, 1.165) is 5.39 Å². The predicted octanol–water partition coefficient (Wildman–Crippen LogP) is 4.21. The van der Waals surface area contributed by atoms with Crippen LogP contribution in [0.15, 0.2) is 53.1 Å². The van der Waals surface area contributed by atoms with Gasteiger partial charge in [0.1, 0.15) is 11.3 Å². The van der Waals surface area contributed by atoms with Crippen LogP contribution in [0.1, 0.15) is 12.5 Å². The van der Waals surface area contributed by atoms with E-state index in [2.05, 4.69) is 5.32 Å². The summed E-state index contributed by atoms with van der Waals surface area (Å²) in [7, 11) is 1.57. The first-order valence-electron chi connectivity index (χ1n) is 8.26. The van der Waals surface area contributed by atoms with Gasteiger partial charge in [-0.3, -0.25) is 9.59 Å². The van der Waals surface area contributed by atoms with Gasteiger partial charge in [0.05, 0.1) is 19.8 Å². The van der Waals surface area contributed by atoms with Gasteiger partial charge in [-0.25, -0.2) is 0 Å². The average Bonchev–Trinajstić information content (AvgIpc) is 3.03. The van der Waals surface area contributed by atoms with E-state index in [0.29, 0.717) is 27.6 Å². The lowest BCUT2D eigenvalue weighted by molar-refractivity contribution is -0.152. The number of methoxy groups -OCH3 is 1. The third kappa shape index (κ3) is 4.60. The molecule has 1 amide bonds. The summed E-state index contributed by atoms with van der Waals surface area (Å²) in [6, 6.07) is 12.1. The van der Waals surface area contributed by atoms with Crippen molar-refractivity contribution in [2.75, 3.05) is 12.4 Å². The average molecular weight is 388 g/mol. The van der Waals surface area contributed by atoms with Crippen molar-refractivity contribution in [1.82, 2.24) is 0 Å². The molecule has 1 atom stereocenters. The van der Waals surface area contributed by atoms with Crippen molar-refractivity contribution in [3.05, 3.63) is 59.3 Å². The third-order valence-corrected chi connectivity index (χ3v) is 4.20. The highest BCUT2D eigenvalue weighted by Crippen LogP contribution is 2.26. The molecule has 0 unspecified atom stereocenters. The maximum absolute atomic E-state index is 12.2. The lowest BCUT2D eigenvalue weighted by Crippen LogP contribution is -2.30. The van der Waals surface area contributed by atoms with Crippen molar-refractivity contribution in [2.45, 2.75) is 19.4 Å². The van der Waals surface area contributed by atoms with Crippen molar-refractivity contribution in [2.24, 2.45) is 0 Å². The summed E-state index contributed by atoms with van der Waals surface area (Å²) in [5.41, 5.74) is 1.83. The number of rotatable bonds is 6. The first kappa shape index (κ1) is 18.8. The number of anilines is 1. The minimum atomic E-state index is -0.949. The monoisotopic (exact) mass is 387 g/mol. The van der Waals surface area contributed by atoms with E-state index in [1.807, 2.05) is 6.07 Å². The topological polar surface area (TPSA) is 77.8 Å². The van der Waals surface area contributed by atoms with Gasteiger partial charge < -0.3 is 19.2 Å². The highest BCUT2D eigenvalue weighted by Gasteiger charge is 2.19. The van der Waals surface area contributed by atoms with Crippen LogP contribution >= 0.6 is 11.6 Å². The molecular formula is C20H18ClNO5. The molecule has 3 rings (SSSR count). The summed E-state index contributed by atoms with van der Waals surface area (Å²) in [4.78, 5) is 24.4. The van der Waals surface area contributed by atoms with Gasteiger partial charge in [0.2, 0.25) is 0 Å². The van der Waals surface area contributed by atoms with E-state index in [9.17, 15) is 9.59 Å². The van der Waals surface area contributed by atoms with E-state index in [1.54, 1.807) is 43.5 Å². The van der Waals surface area contributed by atoms with Crippen LogP contribution in [-0.4, -0.2) is 25.1 Å². The Hall–Kier alpha value is -2.99. The van der Waals surface area contributed by atoms with Gasteiger partial charge in [0.15, 0.2) is 6.10 Å². The second-order valence-corrected chi connectivity index (χ2v) is 6.37. The SMILES string of the molecule is COc1ccc2c(CC(=O)O[C@@H](C)C(=O)Nc3cccc(Cl)c3)coc2c1. The first-order valence-corrected chi connectivity index (χ1v) is 8.64. The number of hydrogen-bond acceptors (Lipinski definition) is 5. The van der Waals surface area contributed by atoms with Crippen LogP contribution in [0.25, 0.3) is 11.0 Å². The molecule has 1 aromatic heterocycles. The Bertz CT molecular complexity index is 981. The fourth-order valence-corrected chi connectivity index (χ4v) is 2.78. The molecule has 3 aromatic rings. The molecular weight excluding hydrogens is 370 g/mol. The number of furan rings is 1. The third-order valence-electron chi connectivity index (χ3n) is 3.97. The van der Waals surface area contributed by atoms with Gasteiger partial charge in [-0.1, -0.05) is 17.7 Å². The standard InChI is InChI=1S/C20H18ClNO5/c1-12(20(24)22-15-5-3-4-14(21)9-15)27-19(23)8-13-11-26-18-10-16(25-2)6-7-17(13)18/h3-7,9-12H,8H2,1-2H3,(H,22,24)/t12-/m0/s1. The van der Waals surface area contributed by atoms with Crippen LogP contribution < -0.4 is 10.1 Å². The van der Waals surface area contributed by atoms with Crippen molar-refractivity contribution in [3.8, 4) is 5.75 Å². The molecule has 0 aliphatic heterocycles. The Morgan fingerprint density at radius 1 is 1.22 bits per heavy atom. The van der Waals surface area contributed by atoms with Gasteiger partial charge >= 0.3 is 5.97 Å². The number of amides is 1. The van der Waals surface area contributed by atoms with Crippen LogP contribution in [0.4, 0.5) is 5.69 Å². The smallest absolute Gasteiger partial charge is 0.311 e. The predicted molar refractivity (Wildman–Crippen MR) is 102 cm³/mol. The molecule has 0 aliphatic carbocycles. The van der Waals surface area contributed by atoms with Crippen LogP contribution in [0.2, 0.25) is 5.02 Å². The number of ether oxygens (including phenoxy) is 2. The van der Waals surface area contributed by atoms with Gasteiger partial charge in [-0.05, 0) is 37.3 Å². The number of carbonyl (C=O) groups is 2. The van der Waals surface area contributed by atoms with E-state index in [1.165, 1.54) is 13.2 Å². The van der Waals surface area contributed by atoms with E-state index >= 15 is 0 Å². The van der Waals surface area contributed by atoms with Crippen molar-refractivity contribution >= 4 is 40.1 Å². The summed E-state index contributed by atoms with van der Waals surface area (Å²) in [5.74, 6) is -0.299. The Labute approximate surface area is 161 Å². The molecule has 7 heteroatoms. The van der Waals surface area contributed by atoms with E-state index in [-0.39, 0.29) is 6.42 Å². The minimum absolute atomic E-state index is 0.00584. The Morgan fingerprint density at radius 3 is 2.78 bits per heavy atom. The summed E-state index contributed by atoms with van der Waals surface area (Å²) in [6.45, 7) is 1.51. The number of fused-ring (bicyclic) bond motifs is 1. The largest absolute Gasteiger partial charge is 0.497 e. The lowest BCUT2D eigenvalue weighted by Gasteiger charge is -2.13. The first-order chi connectivity index (χ1) is 13.0. The molecule has 0 spiro atoms. The zero-order chi connectivity index (χ0) is 19.4. The zero-order valence-corrected chi connectivity index (χ0v) is 15.6. The molecule has 0 radical (unpaired) electrons. The zero-order valence-electron chi connectivity index (χ0n) is 14.8. The second-order valence-electron chi connectivity index (χ2n) is 5.93. The molecule has 0 aliphatic rings. The molecule has 0 saturated carbocycles. The molecule has 1 N–H and O–H groups in total. The van der Waals surface area contributed by atoms with Crippen molar-refractivity contribution < 1.29 is 23.5 Å². The van der Waals surface area contributed by atoms with Crippen molar-refractivity contribution in [3.63, 3.8) is 0 Å². The Morgan fingerprint density at radius 2 is 2.04 bits per heavy atom. The quantitative estimate of drug-likeness (QED) is 0.641. The van der Waals surface area contributed by atoms with Crippen LogP contribution in [0.3, 0.4) is 0 Å². The maximum atomic E-state index is 12.2. The molecule has 140 valence electrons. The van der Waals surface area contributed by atoms with Crippen LogP contribution in [-0.2, 0) is 20.7 Å². The molecule has 27 heavy (non-hydrogen) atoms. The minimum Gasteiger partial charge on any atom is -0.497 e. The molecule has 0 fully saturated rings. The Kier molecular flexibility index (Phi) is 5.66. The molecule has 0 bridgehead atoms. The molecule has 2 aromatic carbocycles. The van der Waals surface area contributed by atoms with E-state index < -0.39 is 18.0 Å². The summed E-state index contributed by atoms with van der Waals surface area (Å²) < 4.78 is 15.8. The highest BCUT2D eigenvalue weighted by molar-refractivity contribution is 6.30. The van der Waals surface area contributed by atoms with E-state index in [4.69, 9.17) is 25.5 Å². The van der Waals surface area contributed by atoms with Crippen LogP contribution in [0, 0.1) is 0 Å². The number of hydrogen-bond donors (Lipinski definition) is 1. The number of carbonyl (C=O) groups excluding carboxylic acids is 2. The van der Waals surface area contributed by atoms with Gasteiger partial charge in [-0.2, -0.15) is 0 Å². The normalized spacial score (nSPS) is 11.8. The lowest BCUT2D eigenvalue weighted by atomic mass is 10.1. The number of esters is 1. The van der Waals surface area contributed by atoms with Crippen LogP contribution in [0.5, 0.6) is 5.75 Å². The molecule has 6 nitrogen and oxygen atoms in total. The number of benzene rings is 2. The number of halogens is 1. The molecule has 1 heterocycles. The summed E-state index contributed by atoms with van der Waals surface area (Å²) >= 11 is 5.89.